The lowest BCUT2D eigenvalue weighted by atomic mass is 9.86. The molecule has 2 aliphatic rings. The third-order valence-electron chi connectivity index (χ3n) is 6.09. The minimum absolute atomic E-state index is 0.158. The molecule has 0 aliphatic carbocycles. The van der Waals surface area contributed by atoms with E-state index < -0.39 is 0 Å². The van der Waals surface area contributed by atoms with Crippen molar-refractivity contribution >= 4 is 17.4 Å². The standard InChI is InChI=1S/C20H34N4O3S/c1-20(6-8-21-9-7-20)23-10-3-18(4-11-23)24(15-17-5-14-28-16-17)19(25)22-27-13-12-26-2/h5,14,16,18,21H,3-4,6-13,15H2,1-2H3,(H,22,25). The molecule has 0 radical (unpaired) electrons. The molecule has 1 aromatic rings. The zero-order valence-corrected chi connectivity index (χ0v) is 17.9. The van der Waals surface area contributed by atoms with Gasteiger partial charge in [0.2, 0.25) is 0 Å². The van der Waals surface area contributed by atoms with E-state index >= 15 is 0 Å². The number of hydroxylamine groups is 1. The number of methoxy groups -OCH3 is 1. The van der Waals surface area contributed by atoms with Gasteiger partial charge in [-0.15, -0.1) is 0 Å². The number of hydrogen-bond donors (Lipinski definition) is 2. The van der Waals surface area contributed by atoms with E-state index in [2.05, 4.69) is 39.4 Å². The van der Waals surface area contributed by atoms with E-state index in [0.717, 1.165) is 39.0 Å². The molecule has 8 heteroatoms. The number of carbonyl (C=O) groups is 1. The zero-order chi connectivity index (χ0) is 19.8. The van der Waals surface area contributed by atoms with Crippen LogP contribution >= 0.6 is 11.3 Å². The molecule has 0 unspecified atom stereocenters. The number of amides is 2. The van der Waals surface area contributed by atoms with Crippen LogP contribution in [-0.2, 0) is 16.1 Å². The first-order valence-electron chi connectivity index (χ1n) is 10.3. The summed E-state index contributed by atoms with van der Waals surface area (Å²) in [5.41, 5.74) is 4.06. The fraction of sp³-hybridized carbons (Fsp3) is 0.750. The van der Waals surface area contributed by atoms with Crippen molar-refractivity contribution in [2.45, 2.75) is 50.7 Å². The van der Waals surface area contributed by atoms with Crippen molar-refractivity contribution < 1.29 is 14.4 Å². The Kier molecular flexibility index (Phi) is 8.11. The quantitative estimate of drug-likeness (QED) is 0.509. The van der Waals surface area contributed by atoms with Crippen molar-refractivity contribution in [1.29, 1.82) is 0 Å². The lowest BCUT2D eigenvalue weighted by molar-refractivity contribution is 0.000284. The molecular weight excluding hydrogens is 376 g/mol. The lowest BCUT2D eigenvalue weighted by Gasteiger charge is -2.48. The molecule has 7 nitrogen and oxygen atoms in total. The minimum atomic E-state index is -0.158. The van der Waals surface area contributed by atoms with Gasteiger partial charge in [-0.3, -0.25) is 9.74 Å². The Labute approximate surface area is 172 Å². The first-order chi connectivity index (χ1) is 13.6. The van der Waals surface area contributed by atoms with Gasteiger partial charge >= 0.3 is 6.03 Å². The summed E-state index contributed by atoms with van der Waals surface area (Å²) in [4.78, 5) is 22.7. The van der Waals surface area contributed by atoms with Crippen molar-refractivity contribution in [3.63, 3.8) is 0 Å². The van der Waals surface area contributed by atoms with Gasteiger partial charge in [0.25, 0.3) is 0 Å². The molecule has 0 atom stereocenters. The Bertz CT molecular complexity index is 584. The number of thiophene rings is 1. The summed E-state index contributed by atoms with van der Waals surface area (Å²) in [5.74, 6) is 0. The predicted octanol–water partition coefficient (Wildman–Crippen LogP) is 2.44. The van der Waals surface area contributed by atoms with Gasteiger partial charge in [0, 0.05) is 38.3 Å². The summed E-state index contributed by atoms with van der Waals surface area (Å²) in [6.45, 7) is 8.10. The number of likely N-dealkylation sites (tertiary alicyclic amines) is 1. The second kappa shape index (κ2) is 10.5. The molecule has 0 bridgehead atoms. The smallest absolute Gasteiger partial charge is 0.341 e. The molecule has 2 aliphatic heterocycles. The predicted molar refractivity (Wildman–Crippen MR) is 111 cm³/mol. The van der Waals surface area contributed by atoms with Gasteiger partial charge in [-0.1, -0.05) is 0 Å². The van der Waals surface area contributed by atoms with Crippen molar-refractivity contribution in [3.8, 4) is 0 Å². The maximum atomic E-state index is 12.8. The Morgan fingerprint density at radius 2 is 2.11 bits per heavy atom. The molecule has 2 fully saturated rings. The monoisotopic (exact) mass is 410 g/mol. The Morgan fingerprint density at radius 3 is 2.75 bits per heavy atom. The van der Waals surface area contributed by atoms with Crippen LogP contribution in [0.15, 0.2) is 16.8 Å². The van der Waals surface area contributed by atoms with Crippen LogP contribution in [0.2, 0.25) is 0 Å². The van der Waals surface area contributed by atoms with Crippen LogP contribution in [0.5, 0.6) is 0 Å². The molecule has 1 aromatic heterocycles. The largest absolute Gasteiger partial charge is 0.382 e. The topological polar surface area (TPSA) is 66.1 Å². The Morgan fingerprint density at radius 1 is 1.36 bits per heavy atom. The molecule has 0 saturated carbocycles. The van der Waals surface area contributed by atoms with E-state index in [0.29, 0.717) is 25.3 Å². The van der Waals surface area contributed by atoms with Gasteiger partial charge in [-0.25, -0.2) is 10.3 Å². The molecule has 2 saturated heterocycles. The third kappa shape index (κ3) is 5.67. The van der Waals surface area contributed by atoms with Crippen molar-refractivity contribution in [2.75, 3.05) is 46.5 Å². The van der Waals surface area contributed by atoms with Crippen LogP contribution in [0, 0.1) is 0 Å². The first kappa shape index (κ1) is 21.5. The van der Waals surface area contributed by atoms with Gasteiger partial charge in [-0.05, 0) is 68.1 Å². The molecule has 2 amide bonds. The Hall–Kier alpha value is -1.19. The van der Waals surface area contributed by atoms with Crippen LogP contribution in [0.25, 0.3) is 0 Å². The van der Waals surface area contributed by atoms with Gasteiger partial charge in [0.05, 0.1) is 13.2 Å². The summed E-state index contributed by atoms with van der Waals surface area (Å²) < 4.78 is 4.97. The van der Waals surface area contributed by atoms with E-state index in [4.69, 9.17) is 9.57 Å². The number of carbonyl (C=O) groups excluding carboxylic acids is 1. The zero-order valence-electron chi connectivity index (χ0n) is 17.1. The Balaban J connectivity index is 1.58. The number of piperidine rings is 2. The lowest BCUT2D eigenvalue weighted by Crippen LogP contribution is -2.58. The summed E-state index contributed by atoms with van der Waals surface area (Å²) in [6.07, 6.45) is 4.39. The summed E-state index contributed by atoms with van der Waals surface area (Å²) >= 11 is 1.66. The fourth-order valence-electron chi connectivity index (χ4n) is 4.24. The number of urea groups is 1. The second-order valence-electron chi connectivity index (χ2n) is 7.97. The minimum Gasteiger partial charge on any atom is -0.382 e. The molecule has 0 spiro atoms. The molecule has 2 N–H and O–H groups in total. The van der Waals surface area contributed by atoms with Crippen molar-refractivity contribution in [3.05, 3.63) is 22.4 Å². The molecule has 0 aromatic carbocycles. The van der Waals surface area contributed by atoms with E-state index in [1.807, 2.05) is 4.90 Å². The van der Waals surface area contributed by atoms with Crippen LogP contribution in [0.1, 0.15) is 38.2 Å². The van der Waals surface area contributed by atoms with Crippen LogP contribution < -0.4 is 10.8 Å². The SMILES string of the molecule is COCCONC(=O)N(Cc1ccsc1)C1CCN(C2(C)CCNCC2)CC1. The van der Waals surface area contributed by atoms with Crippen molar-refractivity contribution in [2.24, 2.45) is 0 Å². The van der Waals surface area contributed by atoms with Gasteiger partial charge < -0.3 is 15.0 Å². The number of ether oxygens (including phenoxy) is 1. The van der Waals surface area contributed by atoms with E-state index in [-0.39, 0.29) is 12.1 Å². The molecule has 158 valence electrons. The van der Waals surface area contributed by atoms with Crippen LogP contribution in [-0.4, -0.2) is 73.9 Å². The molecule has 3 heterocycles. The van der Waals surface area contributed by atoms with Crippen LogP contribution in [0.4, 0.5) is 4.79 Å². The van der Waals surface area contributed by atoms with Gasteiger partial charge in [0.1, 0.15) is 0 Å². The van der Waals surface area contributed by atoms with E-state index in [1.165, 1.54) is 18.4 Å². The average molecular weight is 411 g/mol. The van der Waals surface area contributed by atoms with E-state index in [1.54, 1.807) is 18.4 Å². The first-order valence-corrected chi connectivity index (χ1v) is 11.2. The highest BCUT2D eigenvalue weighted by Crippen LogP contribution is 2.30. The van der Waals surface area contributed by atoms with Gasteiger partial charge in [-0.2, -0.15) is 11.3 Å². The highest BCUT2D eigenvalue weighted by atomic mass is 32.1. The third-order valence-corrected chi connectivity index (χ3v) is 6.82. The maximum Gasteiger partial charge on any atom is 0.341 e. The maximum absolute atomic E-state index is 12.8. The number of nitrogens with zero attached hydrogens (tertiary/aromatic N) is 2. The number of hydrogen-bond acceptors (Lipinski definition) is 6. The highest BCUT2D eigenvalue weighted by molar-refractivity contribution is 7.07. The molecule has 28 heavy (non-hydrogen) atoms. The fourth-order valence-corrected chi connectivity index (χ4v) is 4.90. The molecular formula is C20H34N4O3S. The summed E-state index contributed by atoms with van der Waals surface area (Å²) in [7, 11) is 1.62. The average Bonchev–Trinajstić information content (AvgIpc) is 3.23. The van der Waals surface area contributed by atoms with Gasteiger partial charge in [0.15, 0.2) is 0 Å². The van der Waals surface area contributed by atoms with E-state index in [9.17, 15) is 4.79 Å². The second-order valence-corrected chi connectivity index (χ2v) is 8.75. The number of nitrogens with one attached hydrogen (secondary N) is 2. The summed E-state index contributed by atoms with van der Waals surface area (Å²) in [5, 5.41) is 7.63. The summed E-state index contributed by atoms with van der Waals surface area (Å²) in [6, 6.07) is 2.16. The van der Waals surface area contributed by atoms with Crippen molar-refractivity contribution in [1.82, 2.24) is 20.6 Å². The van der Waals surface area contributed by atoms with Crippen LogP contribution in [0.3, 0.4) is 0 Å². The highest BCUT2D eigenvalue weighted by Gasteiger charge is 2.37. The number of rotatable bonds is 8. The molecule has 3 rings (SSSR count). The normalized spacial score (nSPS) is 20.8.